The second-order valence-corrected chi connectivity index (χ2v) is 6.64. The van der Waals surface area contributed by atoms with Crippen molar-refractivity contribution in [2.24, 2.45) is 0 Å². The van der Waals surface area contributed by atoms with Crippen molar-refractivity contribution in [3.8, 4) is 17.2 Å². The highest BCUT2D eigenvalue weighted by atomic mass is 35.5. The van der Waals surface area contributed by atoms with Gasteiger partial charge in [0.15, 0.2) is 11.5 Å². The monoisotopic (exact) mass is 411 g/mol. The summed E-state index contributed by atoms with van der Waals surface area (Å²) in [5, 5.41) is 3.17. The Morgan fingerprint density at radius 3 is 2.38 bits per heavy atom. The number of amides is 1. The minimum Gasteiger partial charge on any atom is -0.493 e. The summed E-state index contributed by atoms with van der Waals surface area (Å²) in [5.41, 5.74) is 2.12. The average Bonchev–Trinajstić information content (AvgIpc) is 2.75. The quantitative estimate of drug-likeness (QED) is 0.551. The summed E-state index contributed by atoms with van der Waals surface area (Å²) in [6.07, 6.45) is 0.772. The van der Waals surface area contributed by atoms with E-state index >= 15 is 0 Å². The van der Waals surface area contributed by atoms with Crippen LogP contribution in [0.5, 0.6) is 17.2 Å². The minimum absolute atomic E-state index is 0.296. The van der Waals surface area contributed by atoms with Crippen molar-refractivity contribution in [1.29, 1.82) is 0 Å². The lowest BCUT2D eigenvalue weighted by molar-refractivity contribution is 0.102. The van der Waals surface area contributed by atoms with Gasteiger partial charge < -0.3 is 19.5 Å². The molecule has 0 fully saturated rings. The Hall–Kier alpha value is -3.18. The van der Waals surface area contributed by atoms with E-state index in [9.17, 15) is 4.79 Å². The number of methoxy groups -OCH3 is 2. The first-order chi connectivity index (χ1) is 14.1. The molecule has 0 aromatic heterocycles. The Morgan fingerprint density at radius 1 is 0.931 bits per heavy atom. The molecule has 3 rings (SSSR count). The Morgan fingerprint density at radius 2 is 1.66 bits per heavy atom. The average molecular weight is 412 g/mol. The molecule has 29 heavy (non-hydrogen) atoms. The normalized spacial score (nSPS) is 10.3. The van der Waals surface area contributed by atoms with Gasteiger partial charge in [0.05, 0.1) is 31.5 Å². The van der Waals surface area contributed by atoms with Gasteiger partial charge >= 0.3 is 0 Å². The molecule has 0 atom stereocenters. The van der Waals surface area contributed by atoms with Gasteiger partial charge in [-0.25, -0.2) is 0 Å². The maximum Gasteiger partial charge on any atom is 0.255 e. The number of hydrogen-bond acceptors (Lipinski definition) is 4. The van der Waals surface area contributed by atoms with Gasteiger partial charge in [0.2, 0.25) is 0 Å². The molecule has 0 saturated heterocycles. The standard InChI is InChI=1S/C23H22ClNO4/c1-27-21-15-17(14-18(24)22(21)28-2)23(26)25-19-10-6-7-11-20(19)29-13-12-16-8-4-3-5-9-16/h3-11,14-15H,12-13H2,1-2H3,(H,25,26). The van der Waals surface area contributed by atoms with Crippen LogP contribution in [0.15, 0.2) is 66.7 Å². The second kappa shape index (κ2) is 9.85. The predicted octanol–water partition coefficient (Wildman–Crippen LogP) is 5.23. The number of para-hydroxylation sites is 2. The topological polar surface area (TPSA) is 56.8 Å². The number of nitrogens with one attached hydrogen (secondary N) is 1. The molecule has 150 valence electrons. The van der Waals surface area contributed by atoms with Crippen molar-refractivity contribution < 1.29 is 19.0 Å². The molecular formula is C23H22ClNO4. The molecule has 0 aliphatic carbocycles. The van der Waals surface area contributed by atoms with Crippen LogP contribution in [0.25, 0.3) is 0 Å². The fourth-order valence-electron chi connectivity index (χ4n) is 2.86. The van der Waals surface area contributed by atoms with Crippen LogP contribution in [0.2, 0.25) is 5.02 Å². The molecule has 0 bridgehead atoms. The number of carbonyl (C=O) groups is 1. The first-order valence-electron chi connectivity index (χ1n) is 9.11. The molecule has 1 amide bonds. The molecule has 1 N–H and O–H groups in total. The van der Waals surface area contributed by atoms with Crippen LogP contribution >= 0.6 is 11.6 Å². The van der Waals surface area contributed by atoms with Crippen molar-refractivity contribution in [3.05, 3.63) is 82.9 Å². The minimum atomic E-state index is -0.327. The number of benzene rings is 3. The summed E-state index contributed by atoms with van der Waals surface area (Å²) in [4.78, 5) is 12.8. The van der Waals surface area contributed by atoms with Crippen molar-refractivity contribution in [3.63, 3.8) is 0 Å². The van der Waals surface area contributed by atoms with Crippen LogP contribution in [0, 0.1) is 0 Å². The largest absolute Gasteiger partial charge is 0.493 e. The van der Waals surface area contributed by atoms with E-state index in [0.29, 0.717) is 40.1 Å². The van der Waals surface area contributed by atoms with E-state index in [-0.39, 0.29) is 5.91 Å². The van der Waals surface area contributed by atoms with Gasteiger partial charge in [-0.2, -0.15) is 0 Å². The molecule has 6 heteroatoms. The van der Waals surface area contributed by atoms with E-state index in [1.807, 2.05) is 36.4 Å². The predicted molar refractivity (Wildman–Crippen MR) is 115 cm³/mol. The van der Waals surface area contributed by atoms with Crippen molar-refractivity contribution >= 4 is 23.2 Å². The molecule has 0 saturated carbocycles. The Bertz CT molecular complexity index is 976. The van der Waals surface area contributed by atoms with E-state index in [2.05, 4.69) is 17.4 Å². The highest BCUT2D eigenvalue weighted by Crippen LogP contribution is 2.36. The number of rotatable bonds is 8. The summed E-state index contributed by atoms with van der Waals surface area (Å²) >= 11 is 6.21. The zero-order valence-electron chi connectivity index (χ0n) is 16.3. The lowest BCUT2D eigenvalue weighted by atomic mass is 10.1. The third-order valence-electron chi connectivity index (χ3n) is 4.32. The van der Waals surface area contributed by atoms with Gasteiger partial charge in [-0.15, -0.1) is 0 Å². The number of anilines is 1. The molecule has 0 aliphatic heterocycles. The number of ether oxygens (including phenoxy) is 3. The lowest BCUT2D eigenvalue weighted by Crippen LogP contribution is -2.14. The SMILES string of the molecule is COc1cc(C(=O)Nc2ccccc2OCCc2ccccc2)cc(Cl)c1OC. The molecule has 5 nitrogen and oxygen atoms in total. The van der Waals surface area contributed by atoms with Gasteiger partial charge in [0.1, 0.15) is 5.75 Å². The molecule has 3 aromatic carbocycles. The van der Waals surface area contributed by atoms with Crippen molar-refractivity contribution in [2.45, 2.75) is 6.42 Å². The van der Waals surface area contributed by atoms with E-state index in [4.69, 9.17) is 25.8 Å². The van der Waals surface area contributed by atoms with Crippen LogP contribution in [0.4, 0.5) is 5.69 Å². The molecule has 0 spiro atoms. The van der Waals surface area contributed by atoms with E-state index in [1.54, 1.807) is 12.1 Å². The maximum absolute atomic E-state index is 12.8. The first kappa shape index (κ1) is 20.6. The number of carbonyl (C=O) groups excluding carboxylic acids is 1. The second-order valence-electron chi connectivity index (χ2n) is 6.23. The fraction of sp³-hybridized carbons (Fsp3) is 0.174. The molecule has 0 radical (unpaired) electrons. The van der Waals surface area contributed by atoms with Gasteiger partial charge in [-0.05, 0) is 29.8 Å². The van der Waals surface area contributed by atoms with Crippen LogP contribution in [0.1, 0.15) is 15.9 Å². The third-order valence-corrected chi connectivity index (χ3v) is 4.60. The van der Waals surface area contributed by atoms with Gasteiger partial charge in [-0.1, -0.05) is 54.1 Å². The number of hydrogen-bond donors (Lipinski definition) is 1. The maximum atomic E-state index is 12.8. The summed E-state index contributed by atoms with van der Waals surface area (Å²) in [6, 6.07) is 20.5. The first-order valence-corrected chi connectivity index (χ1v) is 9.48. The van der Waals surface area contributed by atoms with Crippen molar-refractivity contribution in [2.75, 3.05) is 26.1 Å². The molecule has 0 unspecified atom stereocenters. The van der Waals surface area contributed by atoms with E-state index in [1.165, 1.54) is 25.8 Å². The van der Waals surface area contributed by atoms with E-state index < -0.39 is 0 Å². The third kappa shape index (κ3) is 5.21. The Balaban J connectivity index is 1.72. The number of halogens is 1. The molecule has 0 heterocycles. The van der Waals surface area contributed by atoms with Gasteiger partial charge in [0, 0.05) is 12.0 Å². The highest BCUT2D eigenvalue weighted by Gasteiger charge is 2.16. The molecular weight excluding hydrogens is 390 g/mol. The highest BCUT2D eigenvalue weighted by molar-refractivity contribution is 6.32. The van der Waals surface area contributed by atoms with Crippen molar-refractivity contribution in [1.82, 2.24) is 0 Å². The van der Waals surface area contributed by atoms with E-state index in [0.717, 1.165) is 6.42 Å². The Kier molecular flexibility index (Phi) is 6.98. The van der Waals surface area contributed by atoms with Crippen LogP contribution in [0.3, 0.4) is 0 Å². The van der Waals surface area contributed by atoms with Crippen LogP contribution < -0.4 is 19.5 Å². The summed E-state index contributed by atoms with van der Waals surface area (Å²) in [5.74, 6) is 1.04. The van der Waals surface area contributed by atoms with Crippen LogP contribution in [-0.2, 0) is 6.42 Å². The van der Waals surface area contributed by atoms with Gasteiger partial charge in [0.25, 0.3) is 5.91 Å². The zero-order chi connectivity index (χ0) is 20.6. The summed E-state index contributed by atoms with van der Waals surface area (Å²) in [7, 11) is 2.98. The fourth-order valence-corrected chi connectivity index (χ4v) is 3.15. The lowest BCUT2D eigenvalue weighted by Gasteiger charge is -2.14. The smallest absolute Gasteiger partial charge is 0.255 e. The zero-order valence-corrected chi connectivity index (χ0v) is 17.0. The van der Waals surface area contributed by atoms with Gasteiger partial charge in [-0.3, -0.25) is 4.79 Å². The molecule has 0 aliphatic rings. The summed E-state index contributed by atoms with van der Waals surface area (Å²) < 4.78 is 16.4. The molecule has 3 aromatic rings. The Labute approximate surface area is 175 Å². The van der Waals surface area contributed by atoms with Crippen LogP contribution in [-0.4, -0.2) is 26.7 Å². The summed E-state index contributed by atoms with van der Waals surface area (Å²) in [6.45, 7) is 0.499.